The molecule has 0 radical (unpaired) electrons. The van der Waals surface area contributed by atoms with Gasteiger partial charge < -0.3 is 4.90 Å². The van der Waals surface area contributed by atoms with Crippen LogP contribution in [0.2, 0.25) is 0 Å². The summed E-state index contributed by atoms with van der Waals surface area (Å²) >= 11 is 0. The van der Waals surface area contributed by atoms with Gasteiger partial charge in [0.1, 0.15) is 6.04 Å². The fraction of sp³-hybridized carbons (Fsp3) is 0.368. The molecule has 2 aromatic carbocycles. The summed E-state index contributed by atoms with van der Waals surface area (Å²) in [4.78, 5) is 1.79. The lowest BCUT2D eigenvalue weighted by molar-refractivity contribution is -0.924. The number of hydrogen-bond acceptors (Lipinski definition) is 0. The average molecular weight is 264 g/mol. The van der Waals surface area contributed by atoms with E-state index in [1.54, 1.807) is 16.0 Å². The smallest absolute Gasteiger partial charge is 0.114 e. The van der Waals surface area contributed by atoms with Crippen LogP contribution in [0.1, 0.15) is 42.5 Å². The number of hydrogen-bond donors (Lipinski definition) is 1. The molecule has 2 aliphatic heterocycles. The van der Waals surface area contributed by atoms with Crippen LogP contribution in [-0.2, 0) is 5.41 Å². The molecule has 2 aliphatic rings. The van der Waals surface area contributed by atoms with Crippen molar-refractivity contribution in [3.05, 3.63) is 71.3 Å². The highest BCUT2D eigenvalue weighted by Gasteiger charge is 2.46. The molecule has 1 heteroatoms. The van der Waals surface area contributed by atoms with E-state index in [-0.39, 0.29) is 5.41 Å². The molecule has 20 heavy (non-hydrogen) atoms. The molecular formula is C19H22N+. The molecular weight excluding hydrogens is 242 g/mol. The lowest BCUT2D eigenvalue weighted by atomic mass is 9.70. The van der Waals surface area contributed by atoms with Crippen molar-refractivity contribution < 1.29 is 4.90 Å². The Morgan fingerprint density at radius 3 is 2.60 bits per heavy atom. The molecule has 0 bridgehead atoms. The second-order valence-electron chi connectivity index (χ2n) is 6.57. The predicted molar refractivity (Wildman–Crippen MR) is 82.0 cm³/mol. The number of benzene rings is 2. The fourth-order valence-corrected chi connectivity index (χ4v) is 4.41. The maximum atomic E-state index is 2.43. The summed E-state index contributed by atoms with van der Waals surface area (Å²) in [5, 5.41) is 0. The zero-order valence-corrected chi connectivity index (χ0v) is 12.1. The summed E-state index contributed by atoms with van der Waals surface area (Å²) in [6, 6.07) is 21.0. The molecule has 1 fully saturated rings. The fourth-order valence-electron chi connectivity index (χ4n) is 4.41. The predicted octanol–water partition coefficient (Wildman–Crippen LogP) is 2.73. The first-order valence-electron chi connectivity index (χ1n) is 7.78. The second kappa shape index (κ2) is 4.46. The van der Waals surface area contributed by atoms with Crippen molar-refractivity contribution in [2.75, 3.05) is 13.1 Å². The van der Waals surface area contributed by atoms with Gasteiger partial charge >= 0.3 is 0 Å². The summed E-state index contributed by atoms with van der Waals surface area (Å²) in [7, 11) is 0. The topological polar surface area (TPSA) is 4.44 Å². The highest BCUT2D eigenvalue weighted by Crippen LogP contribution is 2.39. The summed E-state index contributed by atoms with van der Waals surface area (Å²) in [5.74, 6) is 0. The monoisotopic (exact) mass is 264 g/mol. The van der Waals surface area contributed by atoms with Crippen LogP contribution in [0.15, 0.2) is 54.6 Å². The standard InChI is InChI=1S/C19H21N/c1-19(15-8-3-2-4-9-15)14-20-13-7-12-18(20)16-10-5-6-11-17(16)19/h2-6,8-11,18H,7,12-14H2,1H3/p+1/t18-,19+/m0/s1. The summed E-state index contributed by atoms with van der Waals surface area (Å²) < 4.78 is 0. The summed E-state index contributed by atoms with van der Waals surface area (Å²) in [6.07, 6.45) is 2.73. The van der Waals surface area contributed by atoms with Gasteiger partial charge in [-0.05, 0) is 18.1 Å². The summed E-state index contributed by atoms with van der Waals surface area (Å²) in [5.41, 5.74) is 4.78. The van der Waals surface area contributed by atoms with Crippen LogP contribution < -0.4 is 4.90 Å². The van der Waals surface area contributed by atoms with Crippen molar-refractivity contribution in [1.29, 1.82) is 0 Å². The Morgan fingerprint density at radius 1 is 1.00 bits per heavy atom. The lowest BCUT2D eigenvalue weighted by Crippen LogP contribution is -3.13. The van der Waals surface area contributed by atoms with Crippen molar-refractivity contribution in [3.8, 4) is 0 Å². The van der Waals surface area contributed by atoms with Gasteiger partial charge in [0, 0.05) is 18.4 Å². The molecule has 0 spiro atoms. The molecule has 2 aromatic rings. The molecule has 102 valence electrons. The van der Waals surface area contributed by atoms with E-state index in [2.05, 4.69) is 61.5 Å². The number of quaternary nitrogens is 1. The van der Waals surface area contributed by atoms with E-state index in [9.17, 15) is 0 Å². The summed E-state index contributed by atoms with van der Waals surface area (Å²) in [6.45, 7) is 5.00. The molecule has 0 amide bonds. The van der Waals surface area contributed by atoms with Crippen molar-refractivity contribution in [2.45, 2.75) is 31.2 Å². The van der Waals surface area contributed by atoms with Gasteiger partial charge in [-0.3, -0.25) is 0 Å². The first kappa shape index (κ1) is 12.2. The van der Waals surface area contributed by atoms with E-state index in [1.165, 1.54) is 31.5 Å². The highest BCUT2D eigenvalue weighted by atomic mass is 15.2. The Morgan fingerprint density at radius 2 is 1.75 bits per heavy atom. The van der Waals surface area contributed by atoms with Crippen LogP contribution >= 0.6 is 0 Å². The van der Waals surface area contributed by atoms with Crippen LogP contribution in [-0.4, -0.2) is 13.1 Å². The van der Waals surface area contributed by atoms with E-state index >= 15 is 0 Å². The molecule has 1 saturated heterocycles. The quantitative estimate of drug-likeness (QED) is 0.808. The van der Waals surface area contributed by atoms with Gasteiger partial charge in [0.2, 0.25) is 0 Å². The van der Waals surface area contributed by atoms with Crippen molar-refractivity contribution >= 4 is 0 Å². The minimum Gasteiger partial charge on any atom is -0.328 e. The minimum absolute atomic E-state index is 0.161. The Hall–Kier alpha value is -1.60. The van der Waals surface area contributed by atoms with Crippen LogP contribution in [0.3, 0.4) is 0 Å². The number of rotatable bonds is 1. The molecule has 1 unspecified atom stereocenters. The molecule has 0 aromatic heterocycles. The van der Waals surface area contributed by atoms with Gasteiger partial charge in [0.05, 0.1) is 18.5 Å². The minimum atomic E-state index is 0.161. The zero-order valence-electron chi connectivity index (χ0n) is 12.1. The third-order valence-electron chi connectivity index (χ3n) is 5.41. The Bertz CT molecular complexity index is 619. The molecule has 4 rings (SSSR count). The van der Waals surface area contributed by atoms with E-state index in [4.69, 9.17) is 0 Å². The van der Waals surface area contributed by atoms with E-state index in [0.717, 1.165) is 6.04 Å². The van der Waals surface area contributed by atoms with Gasteiger partial charge in [-0.25, -0.2) is 0 Å². The normalized spacial score (nSPS) is 31.6. The van der Waals surface area contributed by atoms with Crippen LogP contribution in [0.5, 0.6) is 0 Å². The second-order valence-corrected chi connectivity index (χ2v) is 6.57. The maximum Gasteiger partial charge on any atom is 0.114 e. The van der Waals surface area contributed by atoms with Gasteiger partial charge in [-0.2, -0.15) is 0 Å². The highest BCUT2D eigenvalue weighted by molar-refractivity contribution is 5.45. The van der Waals surface area contributed by atoms with E-state index in [0.29, 0.717) is 0 Å². The third kappa shape index (κ3) is 1.66. The number of fused-ring (bicyclic) bond motifs is 3. The molecule has 2 heterocycles. The van der Waals surface area contributed by atoms with Crippen molar-refractivity contribution in [3.63, 3.8) is 0 Å². The Labute approximate surface area is 121 Å². The largest absolute Gasteiger partial charge is 0.328 e. The lowest BCUT2D eigenvalue weighted by Gasteiger charge is -2.41. The van der Waals surface area contributed by atoms with Crippen molar-refractivity contribution in [2.24, 2.45) is 0 Å². The molecule has 1 nitrogen and oxygen atoms in total. The Kier molecular flexibility index (Phi) is 2.71. The van der Waals surface area contributed by atoms with Crippen molar-refractivity contribution in [1.82, 2.24) is 0 Å². The Balaban J connectivity index is 1.91. The van der Waals surface area contributed by atoms with Gasteiger partial charge in [0.25, 0.3) is 0 Å². The van der Waals surface area contributed by atoms with Gasteiger partial charge in [-0.1, -0.05) is 54.6 Å². The number of nitrogens with one attached hydrogen (secondary N) is 1. The van der Waals surface area contributed by atoms with E-state index in [1.807, 2.05) is 0 Å². The zero-order chi connectivity index (χ0) is 13.6. The van der Waals surface area contributed by atoms with Crippen LogP contribution in [0, 0.1) is 0 Å². The maximum absolute atomic E-state index is 2.43. The molecule has 3 atom stereocenters. The SMILES string of the molecule is C[C@]1(c2ccccc2)C[NH+]2CCC[C@H]2c2ccccc21. The molecule has 0 aliphatic carbocycles. The van der Waals surface area contributed by atoms with Crippen LogP contribution in [0.4, 0.5) is 0 Å². The van der Waals surface area contributed by atoms with Crippen LogP contribution in [0.25, 0.3) is 0 Å². The molecule has 1 N–H and O–H groups in total. The van der Waals surface area contributed by atoms with E-state index < -0.39 is 0 Å². The van der Waals surface area contributed by atoms with Gasteiger partial charge in [-0.15, -0.1) is 0 Å². The first-order valence-corrected chi connectivity index (χ1v) is 7.78. The molecule has 0 saturated carbocycles. The first-order chi connectivity index (χ1) is 9.79. The third-order valence-corrected chi connectivity index (χ3v) is 5.41. The van der Waals surface area contributed by atoms with Gasteiger partial charge in [0.15, 0.2) is 0 Å². The average Bonchev–Trinajstić information content (AvgIpc) is 2.97.